The number of aromatic nitrogens is 1. The van der Waals surface area contributed by atoms with Crippen molar-refractivity contribution in [1.82, 2.24) is 15.2 Å². The van der Waals surface area contributed by atoms with Crippen LogP contribution in [0, 0.1) is 0 Å². The summed E-state index contributed by atoms with van der Waals surface area (Å²) in [6.07, 6.45) is 0. The minimum atomic E-state index is -0.215. The maximum atomic E-state index is 12.4. The standard InChI is InChI=1S/C21H21Cl3N4O2S/c1-30-19-16(24)4-5-17-18(19)26-21(31-17)28-10-8-27(9-11-28)7-6-25-20(29)14-12-13(22)2-3-15(14)23/h2-5,12H,6-11H2,1H3,(H,25,29). The topological polar surface area (TPSA) is 57.7 Å². The molecule has 1 fully saturated rings. The minimum Gasteiger partial charge on any atom is -0.493 e. The third-order valence-electron chi connectivity index (χ3n) is 5.19. The third-order valence-corrected chi connectivity index (χ3v) is 7.13. The highest BCUT2D eigenvalue weighted by atomic mass is 35.5. The van der Waals surface area contributed by atoms with Gasteiger partial charge in [0.1, 0.15) is 5.52 Å². The molecule has 4 rings (SSSR count). The summed E-state index contributed by atoms with van der Waals surface area (Å²) in [6.45, 7) is 4.82. The van der Waals surface area contributed by atoms with Crippen molar-refractivity contribution in [3.63, 3.8) is 0 Å². The fourth-order valence-corrected chi connectivity index (χ4v) is 5.14. The number of hydrogen-bond acceptors (Lipinski definition) is 6. The molecular formula is C21H21Cl3N4O2S. The second kappa shape index (κ2) is 9.79. The lowest BCUT2D eigenvalue weighted by molar-refractivity contribution is 0.0948. The zero-order chi connectivity index (χ0) is 22.0. The number of methoxy groups -OCH3 is 1. The third kappa shape index (κ3) is 5.02. The summed E-state index contributed by atoms with van der Waals surface area (Å²) in [5, 5.41) is 5.34. The van der Waals surface area contributed by atoms with Crippen LogP contribution >= 0.6 is 46.1 Å². The molecule has 0 aliphatic carbocycles. The van der Waals surface area contributed by atoms with Crippen LogP contribution in [0.25, 0.3) is 10.2 Å². The summed E-state index contributed by atoms with van der Waals surface area (Å²) < 4.78 is 6.48. The summed E-state index contributed by atoms with van der Waals surface area (Å²) in [7, 11) is 1.61. The van der Waals surface area contributed by atoms with Crippen LogP contribution in [0.4, 0.5) is 5.13 Å². The largest absolute Gasteiger partial charge is 0.493 e. The maximum absolute atomic E-state index is 12.4. The van der Waals surface area contributed by atoms with Crippen molar-refractivity contribution in [3.8, 4) is 5.75 Å². The molecule has 1 aliphatic rings. The molecule has 0 unspecified atom stereocenters. The molecular weight excluding hydrogens is 479 g/mol. The first-order valence-corrected chi connectivity index (χ1v) is 11.7. The van der Waals surface area contributed by atoms with E-state index in [1.54, 1.807) is 36.6 Å². The number of nitrogens with one attached hydrogen (secondary N) is 1. The normalized spacial score (nSPS) is 14.8. The Morgan fingerprint density at radius 2 is 1.87 bits per heavy atom. The van der Waals surface area contributed by atoms with Gasteiger partial charge in [-0.1, -0.05) is 46.1 Å². The fraction of sp³-hybridized carbons (Fsp3) is 0.333. The van der Waals surface area contributed by atoms with Crippen molar-refractivity contribution < 1.29 is 9.53 Å². The average Bonchev–Trinajstić information content (AvgIpc) is 3.20. The van der Waals surface area contributed by atoms with E-state index in [1.807, 2.05) is 12.1 Å². The Bertz CT molecular complexity index is 1100. The molecule has 2 aromatic carbocycles. The van der Waals surface area contributed by atoms with E-state index in [-0.39, 0.29) is 5.91 Å². The minimum absolute atomic E-state index is 0.215. The smallest absolute Gasteiger partial charge is 0.252 e. The van der Waals surface area contributed by atoms with Crippen molar-refractivity contribution in [2.24, 2.45) is 0 Å². The molecule has 1 aromatic heterocycles. The molecule has 0 bridgehead atoms. The van der Waals surface area contributed by atoms with E-state index in [2.05, 4.69) is 15.1 Å². The molecule has 1 amide bonds. The zero-order valence-corrected chi connectivity index (χ0v) is 19.9. The number of piperazine rings is 1. The van der Waals surface area contributed by atoms with Crippen LogP contribution in [0.2, 0.25) is 15.1 Å². The second-order valence-electron chi connectivity index (χ2n) is 7.13. The van der Waals surface area contributed by atoms with Gasteiger partial charge < -0.3 is 15.0 Å². The van der Waals surface area contributed by atoms with Gasteiger partial charge in [-0.15, -0.1) is 0 Å². The lowest BCUT2D eigenvalue weighted by Gasteiger charge is -2.34. The molecule has 6 nitrogen and oxygen atoms in total. The number of amides is 1. The monoisotopic (exact) mass is 498 g/mol. The van der Waals surface area contributed by atoms with Crippen LogP contribution in [0.5, 0.6) is 5.75 Å². The molecule has 1 N–H and O–H groups in total. The molecule has 0 radical (unpaired) electrons. The summed E-state index contributed by atoms with van der Waals surface area (Å²) >= 11 is 19.9. The first-order chi connectivity index (χ1) is 15.0. The molecule has 0 atom stereocenters. The Hall–Kier alpha value is -1.77. The Labute approximate surface area is 199 Å². The highest BCUT2D eigenvalue weighted by Gasteiger charge is 2.21. The average molecular weight is 500 g/mol. The molecule has 1 aliphatic heterocycles. The molecule has 10 heteroatoms. The van der Waals surface area contributed by atoms with Crippen LogP contribution in [-0.2, 0) is 0 Å². The van der Waals surface area contributed by atoms with Crippen LogP contribution in [0.15, 0.2) is 30.3 Å². The Morgan fingerprint density at radius 1 is 1.13 bits per heavy atom. The van der Waals surface area contributed by atoms with E-state index in [0.29, 0.717) is 32.9 Å². The number of ether oxygens (including phenoxy) is 1. The van der Waals surface area contributed by atoms with Crippen molar-refractivity contribution >= 4 is 67.4 Å². The predicted octanol–water partition coefficient (Wildman–Crippen LogP) is 4.82. The lowest BCUT2D eigenvalue weighted by Crippen LogP contribution is -2.48. The first-order valence-electron chi connectivity index (χ1n) is 9.80. The SMILES string of the molecule is COc1c(Cl)ccc2sc(N3CCN(CCNC(=O)c4cc(Cl)ccc4Cl)CC3)nc12. The molecule has 1 saturated heterocycles. The fourth-order valence-electron chi connectivity index (χ4n) is 3.52. The van der Waals surface area contributed by atoms with E-state index in [0.717, 1.165) is 48.1 Å². The van der Waals surface area contributed by atoms with Crippen molar-refractivity contribution in [3.05, 3.63) is 51.0 Å². The molecule has 2 heterocycles. The van der Waals surface area contributed by atoms with Crippen LogP contribution in [0.1, 0.15) is 10.4 Å². The van der Waals surface area contributed by atoms with Crippen LogP contribution in [0.3, 0.4) is 0 Å². The second-order valence-corrected chi connectivity index (χ2v) is 9.39. The summed E-state index contributed by atoms with van der Waals surface area (Å²) in [5.74, 6) is 0.407. The number of hydrogen-bond donors (Lipinski definition) is 1. The number of halogens is 3. The van der Waals surface area contributed by atoms with Gasteiger partial charge in [0.25, 0.3) is 5.91 Å². The summed E-state index contributed by atoms with van der Waals surface area (Å²) in [6, 6.07) is 8.69. The van der Waals surface area contributed by atoms with Gasteiger partial charge >= 0.3 is 0 Å². The number of rotatable bonds is 6. The number of nitrogens with zero attached hydrogens (tertiary/aromatic N) is 3. The number of benzene rings is 2. The van der Waals surface area contributed by atoms with E-state index in [1.165, 1.54) is 0 Å². The summed E-state index contributed by atoms with van der Waals surface area (Å²) in [4.78, 5) is 21.7. The number of carbonyl (C=O) groups excluding carboxylic acids is 1. The Kier molecular flexibility index (Phi) is 7.08. The van der Waals surface area contributed by atoms with E-state index < -0.39 is 0 Å². The molecule has 0 saturated carbocycles. The van der Waals surface area contributed by atoms with Gasteiger partial charge in [0.05, 0.1) is 27.4 Å². The maximum Gasteiger partial charge on any atom is 0.252 e. The van der Waals surface area contributed by atoms with Gasteiger partial charge in [-0.25, -0.2) is 4.98 Å². The van der Waals surface area contributed by atoms with Crippen LogP contribution in [-0.4, -0.2) is 62.2 Å². The zero-order valence-electron chi connectivity index (χ0n) is 16.8. The highest BCUT2D eigenvalue weighted by molar-refractivity contribution is 7.22. The lowest BCUT2D eigenvalue weighted by atomic mass is 10.2. The van der Waals surface area contributed by atoms with Gasteiger partial charge in [0.2, 0.25) is 0 Å². The number of fused-ring (bicyclic) bond motifs is 1. The molecule has 164 valence electrons. The highest BCUT2D eigenvalue weighted by Crippen LogP contribution is 2.38. The van der Waals surface area contributed by atoms with Crippen molar-refractivity contribution in [2.45, 2.75) is 0 Å². The number of thiazole rings is 1. The van der Waals surface area contributed by atoms with Gasteiger partial charge in [-0.05, 0) is 30.3 Å². The number of carbonyl (C=O) groups is 1. The molecule has 3 aromatic rings. The van der Waals surface area contributed by atoms with Crippen LogP contribution < -0.4 is 15.0 Å². The van der Waals surface area contributed by atoms with Gasteiger partial charge in [-0.2, -0.15) is 0 Å². The Balaban J connectivity index is 1.30. The predicted molar refractivity (Wildman–Crippen MR) is 129 cm³/mol. The van der Waals surface area contributed by atoms with Gasteiger partial charge in [-0.3, -0.25) is 9.69 Å². The summed E-state index contributed by atoms with van der Waals surface area (Å²) in [5.41, 5.74) is 1.20. The first kappa shape index (κ1) is 22.4. The number of anilines is 1. The van der Waals surface area contributed by atoms with E-state index >= 15 is 0 Å². The van der Waals surface area contributed by atoms with Crippen molar-refractivity contribution in [1.29, 1.82) is 0 Å². The quantitative estimate of drug-likeness (QED) is 0.527. The van der Waals surface area contributed by atoms with Crippen molar-refractivity contribution in [2.75, 3.05) is 51.3 Å². The molecule has 0 spiro atoms. The van der Waals surface area contributed by atoms with E-state index in [4.69, 9.17) is 44.5 Å². The van der Waals surface area contributed by atoms with Gasteiger partial charge in [0.15, 0.2) is 10.9 Å². The molecule has 31 heavy (non-hydrogen) atoms. The van der Waals surface area contributed by atoms with E-state index in [9.17, 15) is 4.79 Å². The Morgan fingerprint density at radius 3 is 2.61 bits per heavy atom. The van der Waals surface area contributed by atoms with Gasteiger partial charge in [0, 0.05) is 44.3 Å².